The van der Waals surface area contributed by atoms with Gasteiger partial charge in [0.25, 0.3) is 0 Å². The van der Waals surface area contributed by atoms with Gasteiger partial charge in [-0.05, 0) is 32.2 Å². The van der Waals surface area contributed by atoms with Crippen molar-refractivity contribution < 1.29 is 14.3 Å². The van der Waals surface area contributed by atoms with Gasteiger partial charge in [-0.25, -0.2) is 0 Å². The van der Waals surface area contributed by atoms with Gasteiger partial charge in [0, 0.05) is 14.0 Å². The zero-order valence-corrected chi connectivity index (χ0v) is 14.6. The molecule has 118 valence electrons. The predicted octanol–water partition coefficient (Wildman–Crippen LogP) is 2.98. The van der Waals surface area contributed by atoms with Crippen LogP contribution in [-0.4, -0.2) is 33.0 Å². The molecular weight excluding hydrogens is 270 g/mol. The van der Waals surface area contributed by atoms with Crippen molar-refractivity contribution in [1.82, 2.24) is 0 Å². The molecule has 1 aliphatic rings. The van der Waals surface area contributed by atoms with Crippen LogP contribution in [0.5, 0.6) is 0 Å². The largest absolute Gasteiger partial charge is 0.465 e. The SMILES string of the molecule is CCOC(=O)C(C)N.C[Si](C)(C)C1CCC(C=O)CC1. The van der Waals surface area contributed by atoms with Crippen LogP contribution in [0.1, 0.15) is 39.5 Å². The average Bonchev–Trinajstić information content (AvgIpc) is 2.38. The van der Waals surface area contributed by atoms with Crippen molar-refractivity contribution in [3.63, 3.8) is 0 Å². The second-order valence-electron chi connectivity index (χ2n) is 6.65. The molecule has 0 aromatic rings. The van der Waals surface area contributed by atoms with Crippen LogP contribution in [0.15, 0.2) is 0 Å². The van der Waals surface area contributed by atoms with E-state index in [1.807, 2.05) is 0 Å². The van der Waals surface area contributed by atoms with Crippen LogP contribution in [0.4, 0.5) is 0 Å². The van der Waals surface area contributed by atoms with Gasteiger partial charge < -0.3 is 15.3 Å². The summed E-state index contributed by atoms with van der Waals surface area (Å²) in [6, 6.07) is -0.491. The summed E-state index contributed by atoms with van der Waals surface area (Å²) >= 11 is 0. The van der Waals surface area contributed by atoms with Gasteiger partial charge in [-0.2, -0.15) is 0 Å². The number of rotatable bonds is 4. The third kappa shape index (κ3) is 7.80. The van der Waals surface area contributed by atoms with Crippen molar-refractivity contribution in [1.29, 1.82) is 0 Å². The summed E-state index contributed by atoms with van der Waals surface area (Å²) < 4.78 is 4.54. The van der Waals surface area contributed by atoms with Gasteiger partial charge in [0.1, 0.15) is 12.3 Å². The lowest BCUT2D eigenvalue weighted by Gasteiger charge is -2.34. The Balaban J connectivity index is 0.000000396. The molecule has 0 radical (unpaired) electrons. The topological polar surface area (TPSA) is 69.4 Å². The Morgan fingerprint density at radius 3 is 2.05 bits per heavy atom. The number of aldehydes is 1. The molecule has 0 aromatic carbocycles. The van der Waals surface area contributed by atoms with Gasteiger partial charge in [0.05, 0.1) is 6.61 Å². The first-order valence-electron chi connectivity index (χ1n) is 7.59. The first kappa shape index (κ1) is 19.3. The van der Waals surface area contributed by atoms with Gasteiger partial charge in [-0.15, -0.1) is 0 Å². The molecule has 0 bridgehead atoms. The van der Waals surface area contributed by atoms with Gasteiger partial charge in [-0.1, -0.05) is 32.5 Å². The van der Waals surface area contributed by atoms with E-state index in [0.29, 0.717) is 12.5 Å². The van der Waals surface area contributed by atoms with Crippen LogP contribution in [-0.2, 0) is 14.3 Å². The second kappa shape index (κ2) is 9.29. The van der Waals surface area contributed by atoms with Crippen LogP contribution in [0, 0.1) is 5.92 Å². The molecule has 4 nitrogen and oxygen atoms in total. The molecule has 1 aliphatic carbocycles. The lowest BCUT2D eigenvalue weighted by molar-refractivity contribution is -0.144. The molecule has 1 saturated carbocycles. The number of ether oxygens (including phenoxy) is 1. The minimum Gasteiger partial charge on any atom is -0.465 e. The van der Waals surface area contributed by atoms with E-state index in [0.717, 1.165) is 24.7 Å². The highest BCUT2D eigenvalue weighted by atomic mass is 28.3. The standard InChI is InChI=1S/C10H20OSi.C5H11NO2/c1-12(2,3)10-6-4-9(8-11)5-7-10;1-3-8-5(7)4(2)6/h8-10H,4-7H2,1-3H3;4H,3,6H2,1-2H3. The minimum absolute atomic E-state index is 0.340. The van der Waals surface area contributed by atoms with Gasteiger partial charge in [-0.3, -0.25) is 4.79 Å². The highest BCUT2D eigenvalue weighted by molar-refractivity contribution is 6.77. The van der Waals surface area contributed by atoms with Crippen LogP contribution in [0.25, 0.3) is 0 Å². The highest BCUT2D eigenvalue weighted by Gasteiger charge is 2.30. The summed E-state index contributed by atoms with van der Waals surface area (Å²) in [5.41, 5.74) is 6.11. The lowest BCUT2D eigenvalue weighted by atomic mass is 9.90. The van der Waals surface area contributed by atoms with Crippen LogP contribution >= 0.6 is 0 Å². The van der Waals surface area contributed by atoms with Crippen molar-refractivity contribution in [2.75, 3.05) is 6.61 Å². The number of carbonyl (C=O) groups is 2. The van der Waals surface area contributed by atoms with Crippen molar-refractivity contribution in [2.24, 2.45) is 11.7 Å². The molecule has 0 saturated heterocycles. The van der Waals surface area contributed by atoms with Crippen molar-refractivity contribution in [2.45, 2.75) is 70.8 Å². The fourth-order valence-electron chi connectivity index (χ4n) is 2.40. The Morgan fingerprint density at radius 1 is 1.30 bits per heavy atom. The summed E-state index contributed by atoms with van der Waals surface area (Å²) in [4.78, 5) is 20.9. The van der Waals surface area contributed by atoms with E-state index < -0.39 is 14.1 Å². The first-order chi connectivity index (χ1) is 9.22. The molecule has 0 amide bonds. The maximum absolute atomic E-state index is 10.5. The lowest BCUT2D eigenvalue weighted by Crippen LogP contribution is -2.31. The molecule has 2 N–H and O–H groups in total. The fourth-order valence-corrected chi connectivity index (χ4v) is 4.46. The Labute approximate surface area is 124 Å². The molecule has 1 unspecified atom stereocenters. The number of hydrogen-bond donors (Lipinski definition) is 1. The van der Waals surface area contributed by atoms with E-state index in [1.165, 1.54) is 12.8 Å². The molecule has 0 spiro atoms. The third-order valence-electron chi connectivity index (χ3n) is 3.85. The second-order valence-corrected chi connectivity index (χ2v) is 12.2. The van der Waals surface area contributed by atoms with Gasteiger partial charge in [0.15, 0.2) is 0 Å². The van der Waals surface area contributed by atoms with Gasteiger partial charge >= 0.3 is 5.97 Å². The van der Waals surface area contributed by atoms with E-state index >= 15 is 0 Å². The number of nitrogens with two attached hydrogens (primary N) is 1. The van der Waals surface area contributed by atoms with Crippen LogP contribution in [0.3, 0.4) is 0 Å². The summed E-state index contributed by atoms with van der Waals surface area (Å²) in [6.07, 6.45) is 6.07. The Bertz CT molecular complexity index is 292. The molecule has 0 heterocycles. The monoisotopic (exact) mass is 301 g/mol. The van der Waals surface area contributed by atoms with Crippen LogP contribution < -0.4 is 5.73 Å². The van der Waals surface area contributed by atoms with E-state index in [2.05, 4.69) is 24.4 Å². The zero-order valence-electron chi connectivity index (χ0n) is 13.6. The Kier molecular flexibility index (Phi) is 8.97. The molecule has 0 aliphatic heterocycles. The maximum Gasteiger partial charge on any atom is 0.322 e. The normalized spacial score (nSPS) is 24.1. The molecule has 5 heteroatoms. The van der Waals surface area contributed by atoms with E-state index in [4.69, 9.17) is 5.73 Å². The Hall–Kier alpha value is -0.683. The minimum atomic E-state index is -0.915. The highest BCUT2D eigenvalue weighted by Crippen LogP contribution is 2.38. The molecule has 0 aromatic heterocycles. The number of esters is 1. The summed E-state index contributed by atoms with van der Waals surface area (Å²) in [5, 5.41) is 0. The third-order valence-corrected chi connectivity index (χ3v) is 6.87. The average molecular weight is 302 g/mol. The van der Waals surface area contributed by atoms with Crippen molar-refractivity contribution in [3.8, 4) is 0 Å². The number of hydrogen-bond acceptors (Lipinski definition) is 4. The van der Waals surface area contributed by atoms with E-state index in [-0.39, 0.29) is 5.97 Å². The van der Waals surface area contributed by atoms with E-state index in [9.17, 15) is 9.59 Å². The first-order valence-corrected chi connectivity index (χ1v) is 11.2. The van der Waals surface area contributed by atoms with Crippen molar-refractivity contribution in [3.05, 3.63) is 0 Å². The number of carbonyl (C=O) groups excluding carboxylic acids is 2. The van der Waals surface area contributed by atoms with Crippen LogP contribution in [0.2, 0.25) is 25.2 Å². The zero-order chi connectivity index (χ0) is 15.8. The fraction of sp³-hybridized carbons (Fsp3) is 0.867. The quantitative estimate of drug-likeness (QED) is 0.492. The molecule has 20 heavy (non-hydrogen) atoms. The summed E-state index contributed by atoms with van der Waals surface area (Å²) in [7, 11) is -0.915. The molecular formula is C15H31NO3Si. The predicted molar refractivity (Wildman–Crippen MR) is 85.4 cm³/mol. The van der Waals surface area contributed by atoms with Gasteiger partial charge in [0.2, 0.25) is 0 Å². The smallest absolute Gasteiger partial charge is 0.322 e. The molecule has 1 atom stereocenters. The maximum atomic E-state index is 10.5. The molecule has 1 rings (SSSR count). The molecule has 1 fully saturated rings. The summed E-state index contributed by atoms with van der Waals surface area (Å²) in [6.45, 7) is 11.1. The summed E-state index contributed by atoms with van der Waals surface area (Å²) in [5.74, 6) is 0.0464. The Morgan fingerprint density at radius 2 is 1.80 bits per heavy atom. The van der Waals surface area contributed by atoms with E-state index in [1.54, 1.807) is 13.8 Å². The van der Waals surface area contributed by atoms with Crippen molar-refractivity contribution >= 4 is 20.3 Å².